The van der Waals surface area contributed by atoms with Crippen LogP contribution >= 0.6 is 0 Å². The minimum Gasteiger partial charge on any atom is -0.491 e. The Morgan fingerprint density at radius 3 is 1.78 bits per heavy atom. The highest BCUT2D eigenvalue weighted by atomic mass is 19.2. The van der Waals surface area contributed by atoms with Crippen LogP contribution in [-0.4, -0.2) is 13.2 Å². The van der Waals surface area contributed by atoms with Gasteiger partial charge >= 0.3 is 0 Å². The molecule has 5 rings (SSSR count). The van der Waals surface area contributed by atoms with E-state index in [2.05, 4.69) is 55.1 Å². The Balaban J connectivity index is 1.28. The van der Waals surface area contributed by atoms with Crippen molar-refractivity contribution in [1.29, 1.82) is 0 Å². The van der Waals surface area contributed by atoms with E-state index in [0.717, 1.165) is 41.7 Å². The zero-order chi connectivity index (χ0) is 25.8. The van der Waals surface area contributed by atoms with E-state index >= 15 is 0 Å². The average molecular weight is 497 g/mol. The molecule has 0 radical (unpaired) electrons. The molecule has 1 aliphatic rings. The Morgan fingerprint density at radius 2 is 1.30 bits per heavy atom. The van der Waals surface area contributed by atoms with Crippen LogP contribution in [0.15, 0.2) is 97.6 Å². The first kappa shape index (κ1) is 24.9. The van der Waals surface area contributed by atoms with Gasteiger partial charge in [-0.25, -0.2) is 4.39 Å². The largest absolute Gasteiger partial charge is 0.491 e. The Morgan fingerprint density at radius 1 is 0.757 bits per heavy atom. The van der Waals surface area contributed by atoms with Crippen molar-refractivity contribution < 1.29 is 18.3 Å². The molecule has 0 bridgehead atoms. The van der Waals surface area contributed by atoms with Gasteiger partial charge in [-0.2, -0.15) is 4.39 Å². The van der Waals surface area contributed by atoms with Gasteiger partial charge in [0.1, 0.15) is 0 Å². The number of hydrogen-bond donors (Lipinski definition) is 0. The van der Waals surface area contributed by atoms with Crippen LogP contribution in [0.3, 0.4) is 0 Å². The van der Waals surface area contributed by atoms with E-state index in [1.807, 2.05) is 30.3 Å². The molecule has 188 valence electrons. The van der Waals surface area contributed by atoms with Gasteiger partial charge in [-0.3, -0.25) is 0 Å². The fourth-order valence-electron chi connectivity index (χ4n) is 4.83. The zero-order valence-corrected chi connectivity index (χ0v) is 20.9. The maximum atomic E-state index is 14.6. The fraction of sp³-hybridized carbons (Fsp3) is 0.212. The van der Waals surface area contributed by atoms with E-state index < -0.39 is 11.6 Å². The van der Waals surface area contributed by atoms with Crippen LogP contribution < -0.4 is 4.74 Å². The molecule has 0 amide bonds. The fourth-order valence-corrected chi connectivity index (χ4v) is 4.83. The van der Waals surface area contributed by atoms with Crippen molar-refractivity contribution in [1.82, 2.24) is 0 Å². The molecule has 0 spiro atoms. The van der Waals surface area contributed by atoms with Crippen LogP contribution in [0.2, 0.25) is 0 Å². The van der Waals surface area contributed by atoms with Crippen LogP contribution in [0.4, 0.5) is 8.78 Å². The predicted octanol–water partition coefficient (Wildman–Crippen LogP) is 9.02. The third-order valence-corrected chi connectivity index (χ3v) is 7.02. The molecule has 4 aromatic rings. The highest BCUT2D eigenvalue weighted by Crippen LogP contribution is 2.34. The van der Waals surface area contributed by atoms with E-state index in [1.54, 1.807) is 13.0 Å². The van der Waals surface area contributed by atoms with Gasteiger partial charge in [0.25, 0.3) is 0 Å². The van der Waals surface area contributed by atoms with E-state index in [4.69, 9.17) is 9.47 Å². The molecule has 0 aromatic heterocycles. The standard InChI is InChI=1S/C33H30F2O2/c1-3-22-5-19-30(37-21-22)28-16-12-26(13-17-28)24-8-6-23(7-9-24)25-10-14-27(15-11-25)29-18-20-31(36-4-2)33(35)32(29)34/h3,6-18,20,22,30H,1,4-5,19,21H2,2H3. The topological polar surface area (TPSA) is 18.5 Å². The second kappa shape index (κ2) is 11.1. The first-order valence-corrected chi connectivity index (χ1v) is 12.7. The summed E-state index contributed by atoms with van der Waals surface area (Å²) < 4.78 is 40.1. The number of halogens is 2. The van der Waals surface area contributed by atoms with Gasteiger partial charge in [-0.15, -0.1) is 6.58 Å². The molecular weight excluding hydrogens is 466 g/mol. The lowest BCUT2D eigenvalue weighted by Gasteiger charge is -2.27. The highest BCUT2D eigenvalue weighted by Gasteiger charge is 2.21. The van der Waals surface area contributed by atoms with Gasteiger partial charge in [-0.05, 0) is 65.3 Å². The van der Waals surface area contributed by atoms with E-state index in [-0.39, 0.29) is 24.0 Å². The number of rotatable bonds is 7. The monoisotopic (exact) mass is 496 g/mol. The summed E-state index contributed by atoms with van der Waals surface area (Å²) in [4.78, 5) is 0. The van der Waals surface area contributed by atoms with Crippen molar-refractivity contribution in [3.8, 4) is 39.1 Å². The van der Waals surface area contributed by atoms with Crippen molar-refractivity contribution >= 4 is 0 Å². The first-order chi connectivity index (χ1) is 18.1. The molecule has 4 heteroatoms. The third-order valence-electron chi connectivity index (χ3n) is 7.02. The lowest BCUT2D eigenvalue weighted by Crippen LogP contribution is -2.19. The predicted molar refractivity (Wildman–Crippen MR) is 145 cm³/mol. The molecule has 2 atom stereocenters. The maximum Gasteiger partial charge on any atom is 0.201 e. The maximum absolute atomic E-state index is 14.6. The van der Waals surface area contributed by atoms with E-state index in [1.165, 1.54) is 11.6 Å². The lowest BCUT2D eigenvalue weighted by atomic mass is 9.93. The Labute approximate surface area is 217 Å². The highest BCUT2D eigenvalue weighted by molar-refractivity contribution is 5.73. The second-order valence-corrected chi connectivity index (χ2v) is 9.34. The van der Waals surface area contributed by atoms with Gasteiger partial charge < -0.3 is 9.47 Å². The summed E-state index contributed by atoms with van der Waals surface area (Å²) in [6.45, 7) is 6.63. The number of ether oxygens (including phenoxy) is 2. The molecular formula is C33H30F2O2. The summed E-state index contributed by atoms with van der Waals surface area (Å²) in [5.74, 6) is -1.47. The summed E-state index contributed by atoms with van der Waals surface area (Å²) in [5.41, 5.74) is 6.38. The number of benzene rings is 4. The average Bonchev–Trinajstić information content (AvgIpc) is 2.96. The summed E-state index contributed by atoms with van der Waals surface area (Å²) in [5, 5.41) is 0. The molecule has 0 aliphatic carbocycles. The van der Waals surface area contributed by atoms with Crippen molar-refractivity contribution in [2.45, 2.75) is 25.9 Å². The van der Waals surface area contributed by atoms with Crippen molar-refractivity contribution in [2.24, 2.45) is 5.92 Å². The molecule has 37 heavy (non-hydrogen) atoms. The van der Waals surface area contributed by atoms with Gasteiger partial charge in [0.2, 0.25) is 5.82 Å². The second-order valence-electron chi connectivity index (χ2n) is 9.34. The van der Waals surface area contributed by atoms with Crippen molar-refractivity contribution in [3.05, 3.63) is 115 Å². The minimum atomic E-state index is -0.959. The molecule has 0 saturated carbocycles. The van der Waals surface area contributed by atoms with Crippen LogP contribution in [0.5, 0.6) is 5.75 Å². The van der Waals surface area contributed by atoms with Gasteiger partial charge in [0, 0.05) is 11.5 Å². The number of hydrogen-bond acceptors (Lipinski definition) is 2. The molecule has 2 unspecified atom stereocenters. The van der Waals surface area contributed by atoms with Crippen molar-refractivity contribution in [2.75, 3.05) is 13.2 Å². The van der Waals surface area contributed by atoms with Gasteiger partial charge in [0.05, 0.1) is 19.3 Å². The summed E-state index contributed by atoms with van der Waals surface area (Å²) in [7, 11) is 0. The molecule has 1 heterocycles. The minimum absolute atomic E-state index is 0.0703. The smallest absolute Gasteiger partial charge is 0.201 e. The first-order valence-electron chi connectivity index (χ1n) is 12.7. The van der Waals surface area contributed by atoms with Crippen LogP contribution in [-0.2, 0) is 4.74 Å². The normalized spacial score (nSPS) is 17.4. The zero-order valence-electron chi connectivity index (χ0n) is 20.9. The summed E-state index contributed by atoms with van der Waals surface area (Å²) in [6, 6.07) is 27.5. The molecule has 1 aliphatic heterocycles. The summed E-state index contributed by atoms with van der Waals surface area (Å²) in [6.07, 6.45) is 4.27. The van der Waals surface area contributed by atoms with Crippen LogP contribution in [0, 0.1) is 17.6 Å². The quantitative estimate of drug-likeness (QED) is 0.238. The Kier molecular flexibility index (Phi) is 7.47. The van der Waals surface area contributed by atoms with E-state index in [9.17, 15) is 8.78 Å². The Hall–Kier alpha value is -3.76. The molecule has 2 nitrogen and oxygen atoms in total. The van der Waals surface area contributed by atoms with E-state index in [0.29, 0.717) is 11.5 Å². The lowest BCUT2D eigenvalue weighted by molar-refractivity contribution is -0.00513. The van der Waals surface area contributed by atoms with Crippen LogP contribution in [0.25, 0.3) is 33.4 Å². The molecule has 4 aromatic carbocycles. The third kappa shape index (κ3) is 5.35. The van der Waals surface area contributed by atoms with Crippen LogP contribution in [0.1, 0.15) is 31.4 Å². The molecule has 0 N–H and O–H groups in total. The molecule has 1 fully saturated rings. The van der Waals surface area contributed by atoms with Crippen molar-refractivity contribution in [3.63, 3.8) is 0 Å². The van der Waals surface area contributed by atoms with Gasteiger partial charge in [-0.1, -0.05) is 78.9 Å². The SMILES string of the molecule is C=CC1CCC(c2ccc(-c3ccc(-c4ccc(-c5ccc(OCC)c(F)c5F)cc4)cc3)cc2)OC1. The Bertz CT molecular complexity index is 1350. The van der Waals surface area contributed by atoms with Gasteiger partial charge in [0.15, 0.2) is 11.6 Å². The summed E-state index contributed by atoms with van der Waals surface area (Å²) >= 11 is 0. The molecule has 1 saturated heterocycles.